The van der Waals surface area contributed by atoms with Crippen LogP contribution in [0.4, 0.5) is 0 Å². The summed E-state index contributed by atoms with van der Waals surface area (Å²) in [5, 5.41) is 7.66. The number of nitrogens with zero attached hydrogens (tertiary/aromatic N) is 3. The van der Waals surface area contributed by atoms with Crippen molar-refractivity contribution in [2.75, 3.05) is 14.2 Å². The van der Waals surface area contributed by atoms with E-state index in [0.29, 0.717) is 12.0 Å². The average molecular weight is 268 g/mol. The van der Waals surface area contributed by atoms with Crippen LogP contribution in [-0.2, 0) is 17.7 Å². The van der Waals surface area contributed by atoms with E-state index in [1.54, 1.807) is 13.4 Å². The fraction of sp³-hybridized carbons (Fsp3) is 0.857. The highest BCUT2D eigenvalue weighted by Crippen LogP contribution is 2.17. The molecule has 1 unspecified atom stereocenters. The van der Waals surface area contributed by atoms with Crippen molar-refractivity contribution in [2.24, 2.45) is 5.92 Å². The third-order valence-corrected chi connectivity index (χ3v) is 3.36. The Morgan fingerprint density at radius 3 is 2.63 bits per heavy atom. The highest BCUT2D eigenvalue weighted by atomic mass is 16.5. The van der Waals surface area contributed by atoms with Gasteiger partial charge in [-0.05, 0) is 33.2 Å². The predicted octanol–water partition coefficient (Wildman–Crippen LogP) is 1.88. The summed E-state index contributed by atoms with van der Waals surface area (Å²) in [7, 11) is 3.74. The van der Waals surface area contributed by atoms with Crippen molar-refractivity contribution in [3.05, 3.63) is 12.2 Å². The van der Waals surface area contributed by atoms with Gasteiger partial charge < -0.3 is 10.1 Å². The second-order valence-corrected chi connectivity index (χ2v) is 6.11. The highest BCUT2D eigenvalue weighted by molar-refractivity contribution is 4.92. The lowest BCUT2D eigenvalue weighted by Crippen LogP contribution is -2.38. The molecule has 0 fully saturated rings. The minimum absolute atomic E-state index is 0.128. The van der Waals surface area contributed by atoms with Gasteiger partial charge in [0, 0.05) is 26.1 Å². The summed E-state index contributed by atoms with van der Waals surface area (Å²) >= 11 is 0. The van der Waals surface area contributed by atoms with Crippen LogP contribution in [-0.4, -0.2) is 40.6 Å². The van der Waals surface area contributed by atoms with Gasteiger partial charge in [0.25, 0.3) is 0 Å². The van der Waals surface area contributed by atoms with Gasteiger partial charge in [0.1, 0.15) is 12.2 Å². The smallest absolute Gasteiger partial charge is 0.138 e. The first kappa shape index (κ1) is 16.1. The molecule has 1 atom stereocenters. The molecule has 1 rings (SSSR count). The summed E-state index contributed by atoms with van der Waals surface area (Å²) in [5.74, 6) is 1.61. The van der Waals surface area contributed by atoms with Gasteiger partial charge in [-0.1, -0.05) is 13.8 Å². The molecule has 1 aromatic heterocycles. The normalized spacial score (nSPS) is 14.1. The largest absolute Gasteiger partial charge is 0.379 e. The molecule has 0 aromatic carbocycles. The average Bonchev–Trinajstić information content (AvgIpc) is 2.74. The van der Waals surface area contributed by atoms with Gasteiger partial charge in [-0.25, -0.2) is 9.67 Å². The third kappa shape index (κ3) is 5.28. The molecule has 1 heterocycles. The number of methoxy groups -OCH3 is 1. The lowest BCUT2D eigenvalue weighted by molar-refractivity contribution is 0.00749. The molecule has 0 saturated carbocycles. The molecule has 0 amide bonds. The highest BCUT2D eigenvalue weighted by Gasteiger charge is 2.23. The fourth-order valence-electron chi connectivity index (χ4n) is 2.12. The van der Waals surface area contributed by atoms with Crippen LogP contribution in [0.15, 0.2) is 6.33 Å². The van der Waals surface area contributed by atoms with E-state index in [2.05, 4.69) is 43.1 Å². The van der Waals surface area contributed by atoms with Gasteiger partial charge in [-0.2, -0.15) is 5.10 Å². The third-order valence-electron chi connectivity index (χ3n) is 3.36. The van der Waals surface area contributed by atoms with E-state index in [-0.39, 0.29) is 5.60 Å². The van der Waals surface area contributed by atoms with Gasteiger partial charge in [0.05, 0.1) is 5.60 Å². The van der Waals surface area contributed by atoms with Crippen LogP contribution in [0.3, 0.4) is 0 Å². The van der Waals surface area contributed by atoms with Crippen LogP contribution in [0.25, 0.3) is 0 Å². The molecule has 0 bridgehead atoms. The molecule has 1 N–H and O–H groups in total. The predicted molar refractivity (Wildman–Crippen MR) is 77.1 cm³/mol. The Balaban J connectivity index is 2.68. The number of hydrogen-bond acceptors (Lipinski definition) is 4. The van der Waals surface area contributed by atoms with E-state index in [0.717, 1.165) is 25.2 Å². The topological polar surface area (TPSA) is 52.0 Å². The Labute approximate surface area is 116 Å². The molecule has 19 heavy (non-hydrogen) atoms. The van der Waals surface area contributed by atoms with Crippen molar-refractivity contribution in [1.29, 1.82) is 0 Å². The first-order valence-electron chi connectivity index (χ1n) is 6.97. The lowest BCUT2D eigenvalue weighted by atomic mass is 9.96. The van der Waals surface area contributed by atoms with E-state index in [1.165, 1.54) is 0 Å². The summed E-state index contributed by atoms with van der Waals surface area (Å²) in [5.41, 5.74) is -0.128. The number of likely N-dealkylation sites (N-methyl/N-ethyl adjacent to an activating group) is 1. The fourth-order valence-corrected chi connectivity index (χ4v) is 2.12. The van der Waals surface area contributed by atoms with Crippen molar-refractivity contribution >= 4 is 0 Å². The first-order valence-corrected chi connectivity index (χ1v) is 6.97. The number of ether oxygens (including phenoxy) is 1. The van der Waals surface area contributed by atoms with Gasteiger partial charge in [0.15, 0.2) is 0 Å². The maximum Gasteiger partial charge on any atom is 0.138 e. The zero-order valence-electron chi connectivity index (χ0n) is 13.1. The van der Waals surface area contributed by atoms with Crippen molar-refractivity contribution in [3.63, 3.8) is 0 Å². The number of aromatic nitrogens is 3. The Morgan fingerprint density at radius 1 is 1.42 bits per heavy atom. The summed E-state index contributed by atoms with van der Waals surface area (Å²) in [6, 6.07) is 0.338. The molecule has 0 aliphatic rings. The lowest BCUT2D eigenvalue weighted by Gasteiger charge is -2.28. The molecular formula is C14H28N4O. The molecule has 1 aromatic rings. The Bertz CT molecular complexity index is 373. The van der Waals surface area contributed by atoms with Gasteiger partial charge in [-0.15, -0.1) is 0 Å². The maximum absolute atomic E-state index is 5.50. The standard InChI is InChI=1S/C14H28N4O/c1-11(2)9-18-13(16-10-17-18)7-12(15-5)8-14(3,4)19-6/h10-12,15H,7-9H2,1-6H3. The van der Waals surface area contributed by atoms with E-state index in [4.69, 9.17) is 4.74 Å². The van der Waals surface area contributed by atoms with Crippen LogP contribution in [0.5, 0.6) is 0 Å². The molecule has 5 nitrogen and oxygen atoms in total. The molecule has 0 aliphatic heterocycles. The quantitative estimate of drug-likeness (QED) is 0.782. The SMILES string of the molecule is CNC(Cc1ncnn1CC(C)C)CC(C)(C)OC. The first-order chi connectivity index (χ1) is 8.88. The second-order valence-electron chi connectivity index (χ2n) is 6.11. The molecule has 110 valence electrons. The maximum atomic E-state index is 5.50. The summed E-state index contributed by atoms with van der Waals surface area (Å²) in [6.07, 6.45) is 3.45. The monoisotopic (exact) mass is 268 g/mol. The summed E-state index contributed by atoms with van der Waals surface area (Å²) < 4.78 is 7.51. The van der Waals surface area contributed by atoms with Crippen molar-refractivity contribution in [2.45, 2.75) is 58.7 Å². The number of rotatable bonds is 8. The number of nitrogens with one attached hydrogen (secondary N) is 1. The molecule has 0 saturated heterocycles. The minimum atomic E-state index is -0.128. The Hall–Kier alpha value is -0.940. The van der Waals surface area contributed by atoms with Gasteiger partial charge >= 0.3 is 0 Å². The van der Waals surface area contributed by atoms with Crippen LogP contribution < -0.4 is 5.32 Å². The van der Waals surface area contributed by atoms with E-state index in [9.17, 15) is 0 Å². The van der Waals surface area contributed by atoms with Crippen LogP contribution in [0.1, 0.15) is 39.9 Å². The zero-order valence-corrected chi connectivity index (χ0v) is 13.1. The van der Waals surface area contributed by atoms with E-state index < -0.39 is 0 Å². The van der Waals surface area contributed by atoms with Crippen LogP contribution in [0, 0.1) is 5.92 Å². The van der Waals surface area contributed by atoms with Crippen LogP contribution >= 0.6 is 0 Å². The molecule has 0 radical (unpaired) electrons. The Kier molecular flexibility index (Phi) is 5.94. The summed E-state index contributed by atoms with van der Waals surface area (Å²) in [4.78, 5) is 4.38. The van der Waals surface area contributed by atoms with E-state index >= 15 is 0 Å². The second kappa shape index (κ2) is 7.01. The Morgan fingerprint density at radius 2 is 2.11 bits per heavy atom. The minimum Gasteiger partial charge on any atom is -0.379 e. The van der Waals surface area contributed by atoms with Crippen molar-refractivity contribution < 1.29 is 4.74 Å². The van der Waals surface area contributed by atoms with Gasteiger partial charge in [-0.3, -0.25) is 0 Å². The molecule has 0 aliphatic carbocycles. The van der Waals surface area contributed by atoms with E-state index in [1.807, 2.05) is 11.7 Å². The van der Waals surface area contributed by atoms with Crippen molar-refractivity contribution in [1.82, 2.24) is 20.1 Å². The number of hydrogen-bond donors (Lipinski definition) is 1. The van der Waals surface area contributed by atoms with Gasteiger partial charge in [0.2, 0.25) is 0 Å². The molecular weight excluding hydrogens is 240 g/mol. The molecule has 0 spiro atoms. The van der Waals surface area contributed by atoms with Crippen LogP contribution in [0.2, 0.25) is 0 Å². The summed E-state index contributed by atoms with van der Waals surface area (Å²) in [6.45, 7) is 9.51. The zero-order chi connectivity index (χ0) is 14.5. The molecule has 5 heteroatoms. The van der Waals surface area contributed by atoms with Crippen molar-refractivity contribution in [3.8, 4) is 0 Å².